The molecule has 0 aliphatic carbocycles. The van der Waals surface area contributed by atoms with Gasteiger partial charge in [-0.05, 0) is 42.3 Å². The molecule has 2 aromatic carbocycles. The van der Waals surface area contributed by atoms with E-state index in [0.29, 0.717) is 5.88 Å². The molecule has 0 atom stereocenters. The molecule has 0 N–H and O–H groups in total. The van der Waals surface area contributed by atoms with Crippen LogP contribution in [0, 0.1) is 6.92 Å². The molecule has 0 saturated carbocycles. The Bertz CT molecular complexity index is 552. The van der Waals surface area contributed by atoms with E-state index in [4.69, 9.17) is 23.2 Å². The van der Waals surface area contributed by atoms with Crippen LogP contribution in [0.25, 0.3) is 0 Å². The van der Waals surface area contributed by atoms with E-state index in [1.54, 1.807) is 0 Å². The van der Waals surface area contributed by atoms with Crippen molar-refractivity contribution < 1.29 is 0 Å². The predicted octanol–water partition coefficient (Wildman–Crippen LogP) is 5.16. The standard InChI is InChI=1S/C15H15Cl2N/c1-11-4-3-5-14(8-11)18(2)15-9-13(17)7-6-12(15)10-16/h3-9H,10H2,1-2H3. The smallest absolute Gasteiger partial charge is 0.0494 e. The molecule has 2 rings (SSSR count). The molecular weight excluding hydrogens is 265 g/mol. The van der Waals surface area contributed by atoms with Crippen molar-refractivity contribution in [2.75, 3.05) is 11.9 Å². The molecular formula is C15H15Cl2N. The number of rotatable bonds is 3. The maximum atomic E-state index is 6.07. The third kappa shape index (κ3) is 2.80. The van der Waals surface area contributed by atoms with E-state index in [1.807, 2.05) is 31.3 Å². The second kappa shape index (κ2) is 5.64. The molecule has 0 saturated heterocycles. The number of nitrogens with zero attached hydrogens (tertiary/aromatic N) is 1. The predicted molar refractivity (Wildman–Crippen MR) is 80.3 cm³/mol. The first-order chi connectivity index (χ1) is 8.61. The second-order valence-electron chi connectivity index (χ2n) is 4.30. The first-order valence-corrected chi connectivity index (χ1v) is 6.68. The lowest BCUT2D eigenvalue weighted by atomic mass is 10.1. The van der Waals surface area contributed by atoms with Crippen LogP contribution in [-0.4, -0.2) is 7.05 Å². The zero-order valence-electron chi connectivity index (χ0n) is 10.5. The first kappa shape index (κ1) is 13.3. The monoisotopic (exact) mass is 279 g/mol. The summed E-state index contributed by atoms with van der Waals surface area (Å²) >= 11 is 12.0. The van der Waals surface area contributed by atoms with Crippen LogP contribution >= 0.6 is 23.2 Å². The largest absolute Gasteiger partial charge is 0.344 e. The summed E-state index contributed by atoms with van der Waals surface area (Å²) in [4.78, 5) is 2.11. The molecule has 0 amide bonds. The summed E-state index contributed by atoms with van der Waals surface area (Å²) in [5.74, 6) is 0.475. The van der Waals surface area contributed by atoms with Gasteiger partial charge in [0.2, 0.25) is 0 Å². The Morgan fingerprint density at radius 1 is 1.11 bits per heavy atom. The van der Waals surface area contributed by atoms with Gasteiger partial charge in [-0.1, -0.05) is 29.8 Å². The van der Waals surface area contributed by atoms with E-state index in [9.17, 15) is 0 Å². The van der Waals surface area contributed by atoms with Crippen LogP contribution in [-0.2, 0) is 5.88 Å². The Morgan fingerprint density at radius 2 is 1.89 bits per heavy atom. The Kier molecular flexibility index (Phi) is 4.15. The maximum absolute atomic E-state index is 6.07. The molecule has 0 aromatic heterocycles. The van der Waals surface area contributed by atoms with Gasteiger partial charge >= 0.3 is 0 Å². The van der Waals surface area contributed by atoms with Gasteiger partial charge in [-0.15, -0.1) is 11.6 Å². The maximum Gasteiger partial charge on any atom is 0.0494 e. The lowest BCUT2D eigenvalue weighted by Crippen LogP contribution is -2.11. The lowest BCUT2D eigenvalue weighted by Gasteiger charge is -2.22. The van der Waals surface area contributed by atoms with Crippen LogP contribution in [0.4, 0.5) is 11.4 Å². The van der Waals surface area contributed by atoms with Gasteiger partial charge < -0.3 is 4.90 Å². The fourth-order valence-electron chi connectivity index (χ4n) is 1.94. The SMILES string of the molecule is Cc1cccc(N(C)c2cc(Cl)ccc2CCl)c1. The minimum absolute atomic E-state index is 0.475. The van der Waals surface area contributed by atoms with Crippen molar-refractivity contribution in [3.8, 4) is 0 Å². The number of hydrogen-bond acceptors (Lipinski definition) is 1. The minimum Gasteiger partial charge on any atom is -0.344 e. The van der Waals surface area contributed by atoms with Gasteiger partial charge in [0.1, 0.15) is 0 Å². The number of benzene rings is 2. The highest BCUT2D eigenvalue weighted by atomic mass is 35.5. The van der Waals surface area contributed by atoms with Crippen molar-refractivity contribution in [3.63, 3.8) is 0 Å². The molecule has 0 unspecified atom stereocenters. The summed E-state index contributed by atoms with van der Waals surface area (Å²) in [6.45, 7) is 2.08. The number of halogens is 2. The topological polar surface area (TPSA) is 3.24 Å². The van der Waals surface area contributed by atoms with Crippen LogP contribution in [0.15, 0.2) is 42.5 Å². The lowest BCUT2D eigenvalue weighted by molar-refractivity contribution is 1.17. The van der Waals surface area contributed by atoms with Gasteiger partial charge in [-0.3, -0.25) is 0 Å². The van der Waals surface area contributed by atoms with E-state index >= 15 is 0 Å². The summed E-state index contributed by atoms with van der Waals surface area (Å²) in [7, 11) is 2.02. The Morgan fingerprint density at radius 3 is 2.56 bits per heavy atom. The van der Waals surface area contributed by atoms with Crippen molar-refractivity contribution in [1.82, 2.24) is 0 Å². The number of alkyl halides is 1. The highest BCUT2D eigenvalue weighted by Gasteiger charge is 2.09. The van der Waals surface area contributed by atoms with Gasteiger partial charge in [0.25, 0.3) is 0 Å². The van der Waals surface area contributed by atoms with Crippen molar-refractivity contribution in [3.05, 3.63) is 58.6 Å². The molecule has 0 bridgehead atoms. The van der Waals surface area contributed by atoms with E-state index in [0.717, 1.165) is 22.0 Å². The van der Waals surface area contributed by atoms with Crippen LogP contribution < -0.4 is 4.90 Å². The summed E-state index contributed by atoms with van der Waals surface area (Å²) in [5.41, 5.74) is 4.48. The summed E-state index contributed by atoms with van der Waals surface area (Å²) < 4.78 is 0. The van der Waals surface area contributed by atoms with Crippen LogP contribution in [0.2, 0.25) is 5.02 Å². The zero-order chi connectivity index (χ0) is 13.1. The van der Waals surface area contributed by atoms with Crippen molar-refractivity contribution >= 4 is 34.6 Å². The quantitative estimate of drug-likeness (QED) is 0.702. The van der Waals surface area contributed by atoms with Crippen molar-refractivity contribution in [2.45, 2.75) is 12.8 Å². The van der Waals surface area contributed by atoms with Crippen LogP contribution in [0.3, 0.4) is 0 Å². The normalized spacial score (nSPS) is 10.4. The fraction of sp³-hybridized carbons (Fsp3) is 0.200. The molecule has 3 heteroatoms. The van der Waals surface area contributed by atoms with Gasteiger partial charge in [-0.25, -0.2) is 0 Å². The molecule has 94 valence electrons. The van der Waals surface area contributed by atoms with E-state index in [-0.39, 0.29) is 0 Å². The van der Waals surface area contributed by atoms with Gasteiger partial charge in [-0.2, -0.15) is 0 Å². The third-order valence-corrected chi connectivity index (χ3v) is 3.46. The van der Waals surface area contributed by atoms with Crippen LogP contribution in [0.5, 0.6) is 0 Å². The van der Waals surface area contributed by atoms with E-state index in [2.05, 4.69) is 30.0 Å². The molecule has 18 heavy (non-hydrogen) atoms. The van der Waals surface area contributed by atoms with Gasteiger partial charge in [0.05, 0.1) is 0 Å². The highest BCUT2D eigenvalue weighted by Crippen LogP contribution is 2.31. The molecule has 0 heterocycles. The summed E-state index contributed by atoms with van der Waals surface area (Å²) in [5, 5.41) is 0.721. The van der Waals surface area contributed by atoms with E-state index in [1.165, 1.54) is 5.56 Å². The molecule has 2 aromatic rings. The molecule has 1 nitrogen and oxygen atoms in total. The molecule has 0 spiro atoms. The number of hydrogen-bond donors (Lipinski definition) is 0. The molecule has 0 aliphatic heterocycles. The Balaban J connectivity index is 2.44. The average Bonchev–Trinajstić information content (AvgIpc) is 2.38. The second-order valence-corrected chi connectivity index (χ2v) is 5.01. The van der Waals surface area contributed by atoms with Crippen LogP contribution in [0.1, 0.15) is 11.1 Å². The summed E-state index contributed by atoms with van der Waals surface area (Å²) in [6, 6.07) is 14.1. The van der Waals surface area contributed by atoms with Gasteiger partial charge in [0.15, 0.2) is 0 Å². The highest BCUT2D eigenvalue weighted by molar-refractivity contribution is 6.31. The fourth-order valence-corrected chi connectivity index (χ4v) is 2.33. The average molecular weight is 280 g/mol. The Hall–Kier alpha value is -1.18. The van der Waals surface area contributed by atoms with Crippen molar-refractivity contribution in [2.24, 2.45) is 0 Å². The van der Waals surface area contributed by atoms with E-state index < -0.39 is 0 Å². The first-order valence-electron chi connectivity index (χ1n) is 5.76. The molecule has 0 aliphatic rings. The third-order valence-electron chi connectivity index (χ3n) is 2.94. The zero-order valence-corrected chi connectivity index (χ0v) is 12.0. The van der Waals surface area contributed by atoms with Gasteiger partial charge in [0, 0.05) is 29.3 Å². The number of anilines is 2. The molecule has 0 radical (unpaired) electrons. The Labute approximate surface area is 118 Å². The minimum atomic E-state index is 0.475. The van der Waals surface area contributed by atoms with Crippen molar-refractivity contribution in [1.29, 1.82) is 0 Å². The molecule has 0 fully saturated rings. The number of aryl methyl sites for hydroxylation is 1. The summed E-state index contributed by atoms with van der Waals surface area (Å²) in [6.07, 6.45) is 0.